The first kappa shape index (κ1) is 19.4. The Morgan fingerprint density at radius 2 is 1.78 bits per heavy atom. The van der Waals surface area contributed by atoms with Gasteiger partial charge in [-0.25, -0.2) is 9.78 Å². The van der Waals surface area contributed by atoms with Gasteiger partial charge < -0.3 is 14.4 Å². The molecule has 3 rings (SSSR count). The number of nitrogens with zero attached hydrogens (tertiary/aromatic N) is 4. The number of fused-ring (bicyclic) bond motifs is 1. The third-order valence-electron chi connectivity index (χ3n) is 4.33. The van der Waals surface area contributed by atoms with Gasteiger partial charge in [-0.05, 0) is 53.0 Å². The number of aryl methyl sites for hydroxylation is 3. The van der Waals surface area contributed by atoms with Crippen molar-refractivity contribution < 1.29 is 9.84 Å². The number of halogens is 1. The molecule has 0 aliphatic carbocycles. The molecule has 0 amide bonds. The Balaban J connectivity index is 1.87. The van der Waals surface area contributed by atoms with Crippen LogP contribution in [0.15, 0.2) is 32.5 Å². The SMILES string of the molecule is Cc1cc(C)cc(OCC(O)Cn2c(Br)nc3c2c(=O)n(C)c(=O)n3C)c1. The first-order valence-corrected chi connectivity index (χ1v) is 9.19. The quantitative estimate of drug-likeness (QED) is 0.607. The van der Waals surface area contributed by atoms with Crippen molar-refractivity contribution in [3.05, 3.63) is 54.9 Å². The van der Waals surface area contributed by atoms with E-state index >= 15 is 0 Å². The van der Waals surface area contributed by atoms with Crippen LogP contribution in [0.3, 0.4) is 0 Å². The van der Waals surface area contributed by atoms with Crippen molar-refractivity contribution in [3.8, 4) is 5.75 Å². The van der Waals surface area contributed by atoms with Gasteiger partial charge in [0, 0.05) is 14.1 Å². The number of rotatable bonds is 5. The minimum absolute atomic E-state index is 0.0566. The largest absolute Gasteiger partial charge is 0.491 e. The molecule has 3 aromatic rings. The number of imidazole rings is 1. The summed E-state index contributed by atoms with van der Waals surface area (Å²) in [5.41, 5.74) is 1.74. The average Bonchev–Trinajstić information content (AvgIpc) is 2.92. The minimum Gasteiger partial charge on any atom is -0.491 e. The fraction of sp³-hybridized carbons (Fsp3) is 0.389. The van der Waals surface area contributed by atoms with Gasteiger partial charge in [-0.3, -0.25) is 13.9 Å². The number of ether oxygens (including phenoxy) is 1. The van der Waals surface area contributed by atoms with Crippen LogP contribution in [0, 0.1) is 13.8 Å². The Morgan fingerprint density at radius 3 is 2.41 bits per heavy atom. The van der Waals surface area contributed by atoms with E-state index in [0.717, 1.165) is 15.7 Å². The van der Waals surface area contributed by atoms with Crippen molar-refractivity contribution in [2.75, 3.05) is 6.61 Å². The van der Waals surface area contributed by atoms with Crippen LogP contribution in [-0.4, -0.2) is 36.5 Å². The average molecular weight is 437 g/mol. The van der Waals surface area contributed by atoms with E-state index in [9.17, 15) is 14.7 Å². The lowest BCUT2D eigenvalue weighted by molar-refractivity contribution is 0.0928. The van der Waals surface area contributed by atoms with Crippen molar-refractivity contribution in [1.29, 1.82) is 0 Å². The van der Waals surface area contributed by atoms with Crippen LogP contribution in [-0.2, 0) is 20.6 Å². The van der Waals surface area contributed by atoms with Crippen LogP contribution < -0.4 is 16.0 Å². The van der Waals surface area contributed by atoms with Gasteiger partial charge in [0.15, 0.2) is 15.9 Å². The number of benzene rings is 1. The normalized spacial score (nSPS) is 12.5. The maximum absolute atomic E-state index is 12.5. The van der Waals surface area contributed by atoms with Gasteiger partial charge in [-0.2, -0.15) is 0 Å². The number of aliphatic hydroxyl groups is 1. The Morgan fingerprint density at radius 1 is 1.15 bits per heavy atom. The summed E-state index contributed by atoms with van der Waals surface area (Å²) in [5.74, 6) is 0.680. The van der Waals surface area contributed by atoms with Gasteiger partial charge in [-0.1, -0.05) is 6.07 Å². The second-order valence-corrected chi connectivity index (χ2v) is 7.37. The highest BCUT2D eigenvalue weighted by Gasteiger charge is 2.20. The molecule has 1 unspecified atom stereocenters. The molecule has 2 heterocycles. The van der Waals surface area contributed by atoms with Crippen LogP contribution in [0.5, 0.6) is 5.75 Å². The highest BCUT2D eigenvalue weighted by Crippen LogP contribution is 2.19. The zero-order chi connectivity index (χ0) is 19.9. The van der Waals surface area contributed by atoms with E-state index in [-0.39, 0.29) is 24.3 Å². The second-order valence-electron chi connectivity index (χ2n) is 6.66. The summed E-state index contributed by atoms with van der Waals surface area (Å²) < 4.78 is 9.92. The van der Waals surface area contributed by atoms with Gasteiger partial charge in [-0.15, -0.1) is 0 Å². The number of hydrogen-bond donors (Lipinski definition) is 1. The second kappa shape index (κ2) is 7.32. The predicted molar refractivity (Wildman–Crippen MR) is 105 cm³/mol. The molecule has 0 aliphatic rings. The van der Waals surface area contributed by atoms with Crippen molar-refractivity contribution in [2.45, 2.75) is 26.5 Å². The molecular weight excluding hydrogens is 416 g/mol. The first-order valence-electron chi connectivity index (χ1n) is 8.40. The molecule has 1 N–H and O–H groups in total. The van der Waals surface area contributed by atoms with Crippen LogP contribution >= 0.6 is 15.9 Å². The number of aromatic nitrogens is 4. The summed E-state index contributed by atoms with van der Waals surface area (Å²) >= 11 is 3.31. The van der Waals surface area contributed by atoms with Crippen molar-refractivity contribution in [1.82, 2.24) is 18.7 Å². The minimum atomic E-state index is -0.874. The first-order chi connectivity index (χ1) is 12.7. The molecule has 0 aliphatic heterocycles. The van der Waals surface area contributed by atoms with Crippen molar-refractivity contribution >= 4 is 27.1 Å². The molecule has 1 aromatic carbocycles. The maximum Gasteiger partial charge on any atom is 0.332 e. The highest BCUT2D eigenvalue weighted by molar-refractivity contribution is 9.10. The smallest absolute Gasteiger partial charge is 0.332 e. The van der Waals surface area contributed by atoms with Gasteiger partial charge in [0.05, 0.1) is 6.54 Å². The Bertz CT molecular complexity index is 1110. The molecule has 144 valence electrons. The zero-order valence-electron chi connectivity index (χ0n) is 15.6. The molecule has 0 radical (unpaired) electrons. The third-order valence-corrected chi connectivity index (χ3v) is 4.94. The molecular formula is C18H21BrN4O4. The molecule has 8 nitrogen and oxygen atoms in total. The molecule has 0 saturated carbocycles. The Kier molecular flexibility index (Phi) is 5.25. The molecule has 0 fully saturated rings. The summed E-state index contributed by atoms with van der Waals surface area (Å²) in [4.78, 5) is 28.8. The van der Waals surface area contributed by atoms with Crippen molar-refractivity contribution in [2.24, 2.45) is 14.1 Å². The van der Waals surface area contributed by atoms with E-state index in [2.05, 4.69) is 20.9 Å². The lowest BCUT2D eigenvalue weighted by Crippen LogP contribution is -2.38. The topological polar surface area (TPSA) is 91.3 Å². The van der Waals surface area contributed by atoms with E-state index in [1.54, 1.807) is 11.6 Å². The predicted octanol–water partition coefficient (Wildman–Crippen LogP) is 1.25. The molecule has 0 saturated heterocycles. The summed E-state index contributed by atoms with van der Waals surface area (Å²) in [6.07, 6.45) is -0.874. The van der Waals surface area contributed by atoms with E-state index in [1.807, 2.05) is 32.0 Å². The van der Waals surface area contributed by atoms with E-state index < -0.39 is 17.4 Å². The molecule has 27 heavy (non-hydrogen) atoms. The van der Waals surface area contributed by atoms with Crippen LogP contribution in [0.2, 0.25) is 0 Å². The standard InChI is InChI=1S/C18H21BrN4O4/c1-10-5-11(2)7-13(6-10)27-9-12(24)8-23-14-15(20-17(23)19)21(3)18(26)22(4)16(14)25/h5-7,12,24H,8-9H2,1-4H3. The highest BCUT2D eigenvalue weighted by atomic mass is 79.9. The van der Waals surface area contributed by atoms with Gasteiger partial charge >= 0.3 is 5.69 Å². The van der Waals surface area contributed by atoms with Crippen LogP contribution in [0.1, 0.15) is 11.1 Å². The molecule has 2 aromatic heterocycles. The summed E-state index contributed by atoms with van der Waals surface area (Å²) in [6.45, 7) is 4.10. The van der Waals surface area contributed by atoms with Gasteiger partial charge in [0.25, 0.3) is 5.56 Å². The lowest BCUT2D eigenvalue weighted by Gasteiger charge is -2.15. The maximum atomic E-state index is 12.5. The zero-order valence-corrected chi connectivity index (χ0v) is 17.1. The van der Waals surface area contributed by atoms with E-state index in [1.165, 1.54) is 11.6 Å². The molecule has 1 atom stereocenters. The summed E-state index contributed by atoms with van der Waals surface area (Å²) in [6, 6.07) is 5.83. The Hall–Kier alpha value is -2.39. The number of hydrogen-bond acceptors (Lipinski definition) is 5. The van der Waals surface area contributed by atoms with Gasteiger partial charge in [0.2, 0.25) is 0 Å². The Labute approximate surface area is 163 Å². The number of aliphatic hydroxyl groups excluding tert-OH is 1. The van der Waals surface area contributed by atoms with Crippen LogP contribution in [0.4, 0.5) is 0 Å². The monoisotopic (exact) mass is 436 g/mol. The fourth-order valence-corrected chi connectivity index (χ4v) is 3.55. The summed E-state index contributed by atoms with van der Waals surface area (Å²) in [7, 11) is 2.96. The van der Waals surface area contributed by atoms with Crippen molar-refractivity contribution in [3.63, 3.8) is 0 Å². The lowest BCUT2D eigenvalue weighted by atomic mass is 10.1. The van der Waals surface area contributed by atoms with Crippen LogP contribution in [0.25, 0.3) is 11.2 Å². The van der Waals surface area contributed by atoms with E-state index in [4.69, 9.17) is 4.74 Å². The third kappa shape index (κ3) is 3.70. The molecule has 9 heteroatoms. The fourth-order valence-electron chi connectivity index (χ4n) is 3.06. The molecule has 0 spiro atoms. The van der Waals surface area contributed by atoms with E-state index in [0.29, 0.717) is 10.5 Å². The summed E-state index contributed by atoms with van der Waals surface area (Å²) in [5, 5.41) is 10.4. The van der Waals surface area contributed by atoms with Gasteiger partial charge in [0.1, 0.15) is 18.5 Å². The molecule has 0 bridgehead atoms.